The Balaban J connectivity index is 3.25. The van der Waals surface area contributed by atoms with Crippen LogP contribution in [0.3, 0.4) is 0 Å². The highest BCUT2D eigenvalue weighted by Gasteiger charge is 2.20. The van der Waals surface area contributed by atoms with Crippen LogP contribution in [0, 0.1) is 11.6 Å². The van der Waals surface area contributed by atoms with E-state index in [0.717, 1.165) is 0 Å². The molecule has 0 spiro atoms. The van der Waals surface area contributed by atoms with Crippen LogP contribution in [0.2, 0.25) is 0 Å². The smallest absolute Gasteiger partial charge is 0.338 e. The SMILES string of the molecule is C=C(C)C(=O)Oc1ccc(S(=O)(=O)[O-])c(F)c1F. The normalized spacial score (nSPS) is 11.1. The van der Waals surface area contributed by atoms with Gasteiger partial charge in [0.25, 0.3) is 0 Å². The maximum absolute atomic E-state index is 13.3. The molecule has 0 saturated carbocycles. The van der Waals surface area contributed by atoms with Crippen molar-refractivity contribution in [3.8, 4) is 5.75 Å². The van der Waals surface area contributed by atoms with Crippen molar-refractivity contribution in [3.63, 3.8) is 0 Å². The number of benzene rings is 1. The summed E-state index contributed by atoms with van der Waals surface area (Å²) in [7, 11) is -5.14. The van der Waals surface area contributed by atoms with E-state index in [1.54, 1.807) is 0 Å². The number of carbonyl (C=O) groups excluding carboxylic acids is 1. The van der Waals surface area contributed by atoms with Crippen molar-refractivity contribution in [2.24, 2.45) is 0 Å². The topological polar surface area (TPSA) is 83.5 Å². The van der Waals surface area contributed by atoms with E-state index in [4.69, 9.17) is 0 Å². The van der Waals surface area contributed by atoms with Gasteiger partial charge in [0.05, 0.1) is 4.90 Å². The third-order valence-electron chi connectivity index (χ3n) is 1.83. The molecule has 8 heteroatoms. The Kier molecular flexibility index (Phi) is 3.82. The quantitative estimate of drug-likeness (QED) is 0.360. The van der Waals surface area contributed by atoms with Crippen LogP contribution in [0.25, 0.3) is 0 Å². The average molecular weight is 277 g/mol. The highest BCUT2D eigenvalue weighted by atomic mass is 32.2. The zero-order valence-electron chi connectivity index (χ0n) is 9.07. The molecule has 18 heavy (non-hydrogen) atoms. The standard InChI is InChI=1S/C10H8F2O5S/c1-5(2)10(13)17-6-3-4-7(18(14,15)16)9(12)8(6)11/h3-4H,1H2,2H3,(H,14,15,16)/p-1. The second-order valence-corrected chi connectivity index (χ2v) is 4.66. The van der Waals surface area contributed by atoms with Crippen LogP contribution in [-0.4, -0.2) is 18.9 Å². The van der Waals surface area contributed by atoms with Crippen molar-refractivity contribution in [3.05, 3.63) is 35.9 Å². The Labute approximate surface area is 101 Å². The molecule has 1 rings (SSSR count). The molecule has 0 aliphatic heterocycles. The molecule has 0 fully saturated rings. The number of carbonyl (C=O) groups is 1. The molecular weight excluding hydrogens is 270 g/mol. The number of halogens is 2. The van der Waals surface area contributed by atoms with E-state index >= 15 is 0 Å². The van der Waals surface area contributed by atoms with Crippen LogP contribution in [0.5, 0.6) is 5.75 Å². The number of ether oxygens (including phenoxy) is 1. The van der Waals surface area contributed by atoms with Crippen LogP contribution in [0.4, 0.5) is 8.78 Å². The third kappa shape index (κ3) is 2.90. The fourth-order valence-electron chi connectivity index (χ4n) is 0.973. The largest absolute Gasteiger partial charge is 0.744 e. The van der Waals surface area contributed by atoms with Crippen LogP contribution in [0.15, 0.2) is 29.2 Å². The average Bonchev–Trinajstić information content (AvgIpc) is 2.22. The van der Waals surface area contributed by atoms with Crippen molar-refractivity contribution < 1.29 is 31.3 Å². The van der Waals surface area contributed by atoms with E-state index in [-0.39, 0.29) is 5.57 Å². The minimum atomic E-state index is -5.14. The summed E-state index contributed by atoms with van der Waals surface area (Å²) >= 11 is 0. The van der Waals surface area contributed by atoms with Crippen molar-refractivity contribution in [2.75, 3.05) is 0 Å². The van der Waals surface area contributed by atoms with Gasteiger partial charge in [-0.3, -0.25) is 0 Å². The summed E-state index contributed by atoms with van der Waals surface area (Å²) in [6.07, 6.45) is 0. The lowest BCUT2D eigenvalue weighted by atomic mass is 10.3. The summed E-state index contributed by atoms with van der Waals surface area (Å²) in [5, 5.41) is 0. The molecule has 1 aromatic rings. The highest BCUT2D eigenvalue weighted by molar-refractivity contribution is 7.85. The maximum Gasteiger partial charge on any atom is 0.338 e. The van der Waals surface area contributed by atoms with Gasteiger partial charge in [-0.05, 0) is 19.1 Å². The molecule has 0 radical (unpaired) electrons. The predicted molar refractivity (Wildman–Crippen MR) is 54.8 cm³/mol. The van der Waals surface area contributed by atoms with Crippen LogP contribution >= 0.6 is 0 Å². The fourth-order valence-corrected chi connectivity index (χ4v) is 1.52. The maximum atomic E-state index is 13.3. The van der Waals surface area contributed by atoms with Gasteiger partial charge in [-0.1, -0.05) is 6.58 Å². The van der Waals surface area contributed by atoms with Crippen molar-refractivity contribution in [1.82, 2.24) is 0 Å². The molecule has 1 aromatic carbocycles. The molecule has 0 bridgehead atoms. The zero-order valence-corrected chi connectivity index (χ0v) is 9.88. The van der Waals surface area contributed by atoms with Gasteiger partial charge in [0.1, 0.15) is 10.1 Å². The first-order chi connectivity index (χ1) is 8.14. The first-order valence-electron chi connectivity index (χ1n) is 4.46. The summed E-state index contributed by atoms with van der Waals surface area (Å²) in [5.41, 5.74) is -0.0599. The number of rotatable bonds is 3. The number of esters is 1. The van der Waals surface area contributed by atoms with Crippen molar-refractivity contribution >= 4 is 16.1 Å². The van der Waals surface area contributed by atoms with Gasteiger partial charge in [0.2, 0.25) is 5.82 Å². The van der Waals surface area contributed by atoms with Gasteiger partial charge in [0, 0.05) is 5.57 Å². The molecule has 0 aliphatic carbocycles. The van der Waals surface area contributed by atoms with Crippen molar-refractivity contribution in [1.29, 1.82) is 0 Å². The van der Waals surface area contributed by atoms with Crippen molar-refractivity contribution in [2.45, 2.75) is 11.8 Å². The van der Waals surface area contributed by atoms with E-state index in [9.17, 15) is 26.5 Å². The monoisotopic (exact) mass is 277 g/mol. The van der Waals surface area contributed by atoms with Gasteiger partial charge in [-0.25, -0.2) is 17.6 Å². The lowest BCUT2D eigenvalue weighted by Gasteiger charge is -2.11. The molecule has 0 aromatic heterocycles. The van der Waals surface area contributed by atoms with E-state index in [0.29, 0.717) is 12.1 Å². The summed E-state index contributed by atoms with van der Waals surface area (Å²) in [4.78, 5) is 9.71. The Bertz CT molecular complexity index is 621. The van der Waals surface area contributed by atoms with Crippen LogP contribution in [0.1, 0.15) is 6.92 Å². The molecule has 0 N–H and O–H groups in total. The van der Waals surface area contributed by atoms with E-state index in [1.165, 1.54) is 6.92 Å². The van der Waals surface area contributed by atoms with Crippen LogP contribution < -0.4 is 4.74 Å². The number of hydrogen-bond acceptors (Lipinski definition) is 5. The second kappa shape index (κ2) is 4.83. The first kappa shape index (κ1) is 14.3. The summed E-state index contributed by atoms with van der Waals surface area (Å²) in [6, 6.07) is 1.19. The Morgan fingerprint density at radius 1 is 1.33 bits per heavy atom. The van der Waals surface area contributed by atoms with Gasteiger partial charge < -0.3 is 9.29 Å². The van der Waals surface area contributed by atoms with Gasteiger partial charge in [0.15, 0.2) is 11.6 Å². The fraction of sp³-hybridized carbons (Fsp3) is 0.100. The first-order valence-corrected chi connectivity index (χ1v) is 5.87. The molecule has 5 nitrogen and oxygen atoms in total. The van der Waals surface area contributed by atoms with Crippen LogP contribution in [-0.2, 0) is 14.9 Å². The van der Waals surface area contributed by atoms with E-state index in [2.05, 4.69) is 11.3 Å². The molecule has 0 amide bonds. The van der Waals surface area contributed by atoms with Gasteiger partial charge >= 0.3 is 5.97 Å². The molecule has 0 aliphatic rings. The molecule has 0 atom stereocenters. The highest BCUT2D eigenvalue weighted by Crippen LogP contribution is 2.25. The number of hydrogen-bond donors (Lipinski definition) is 0. The minimum Gasteiger partial charge on any atom is -0.744 e. The van der Waals surface area contributed by atoms with Gasteiger partial charge in [-0.2, -0.15) is 4.39 Å². The Morgan fingerprint density at radius 2 is 1.89 bits per heavy atom. The summed E-state index contributed by atoms with van der Waals surface area (Å²) in [6.45, 7) is 4.51. The van der Waals surface area contributed by atoms with Gasteiger partial charge in [-0.15, -0.1) is 0 Å². The second-order valence-electron chi connectivity index (χ2n) is 3.31. The summed E-state index contributed by atoms with van der Waals surface area (Å²) in [5.74, 6) is -5.46. The molecule has 0 saturated heterocycles. The summed E-state index contributed by atoms with van der Waals surface area (Å²) < 4.78 is 62.7. The molecular formula is C10H7F2O5S-. The molecule has 98 valence electrons. The molecule has 0 heterocycles. The predicted octanol–water partition coefficient (Wildman–Crippen LogP) is 1.35. The lowest BCUT2D eigenvalue weighted by Crippen LogP contribution is -2.11. The van der Waals surface area contributed by atoms with E-state index in [1.807, 2.05) is 0 Å². The Hall–Kier alpha value is -1.80. The molecule has 0 unspecified atom stereocenters. The van der Waals surface area contributed by atoms with E-state index < -0.39 is 38.4 Å². The third-order valence-corrected chi connectivity index (χ3v) is 2.69. The lowest BCUT2D eigenvalue weighted by molar-refractivity contribution is -0.130. The zero-order chi connectivity index (χ0) is 14.1. The Morgan fingerprint density at radius 3 is 2.33 bits per heavy atom. The minimum absolute atomic E-state index is 0.0599.